The number of hydrogen-bond donors (Lipinski definition) is 1. The van der Waals surface area contributed by atoms with Crippen molar-refractivity contribution in [1.82, 2.24) is 9.78 Å². The van der Waals surface area contributed by atoms with Crippen LogP contribution in [0.1, 0.15) is 50.3 Å². The van der Waals surface area contributed by atoms with Crippen molar-refractivity contribution >= 4 is 5.82 Å². The van der Waals surface area contributed by atoms with Crippen molar-refractivity contribution in [2.45, 2.75) is 51.4 Å². The van der Waals surface area contributed by atoms with Gasteiger partial charge in [0, 0.05) is 11.0 Å². The lowest BCUT2D eigenvalue weighted by Crippen LogP contribution is -2.26. The number of aromatic nitrogens is 2. The Hall–Kier alpha value is -1.77. The average Bonchev–Trinajstić information content (AvgIpc) is 2.78. The molecule has 106 valence electrons. The van der Waals surface area contributed by atoms with Crippen LogP contribution in [0.2, 0.25) is 0 Å². The van der Waals surface area contributed by atoms with E-state index in [1.165, 1.54) is 37.8 Å². The fraction of sp³-hybridized carbons (Fsp3) is 0.471. The van der Waals surface area contributed by atoms with Gasteiger partial charge in [-0.3, -0.25) is 0 Å². The summed E-state index contributed by atoms with van der Waals surface area (Å²) in [4.78, 5) is 0. The highest BCUT2D eigenvalue weighted by Gasteiger charge is 2.34. The van der Waals surface area contributed by atoms with Crippen LogP contribution in [0, 0.1) is 6.92 Å². The minimum absolute atomic E-state index is 0.191. The van der Waals surface area contributed by atoms with Gasteiger partial charge in [0.1, 0.15) is 5.82 Å². The van der Waals surface area contributed by atoms with Crippen molar-refractivity contribution in [2.24, 2.45) is 0 Å². The summed E-state index contributed by atoms with van der Waals surface area (Å²) in [5, 5.41) is 4.87. The molecule has 2 N–H and O–H groups in total. The molecule has 3 nitrogen and oxygen atoms in total. The Bertz CT molecular complexity index is 592. The number of nitrogen functional groups attached to an aromatic ring is 1. The molecule has 2 aromatic rings. The van der Waals surface area contributed by atoms with Gasteiger partial charge in [-0.2, -0.15) is 5.10 Å². The molecule has 1 saturated carbocycles. The second-order valence-corrected chi connectivity index (χ2v) is 6.23. The third kappa shape index (κ3) is 2.11. The first kappa shape index (κ1) is 13.2. The number of para-hydroxylation sites is 1. The van der Waals surface area contributed by atoms with Crippen molar-refractivity contribution < 1.29 is 0 Å². The Labute approximate surface area is 120 Å². The third-order valence-electron chi connectivity index (χ3n) is 4.70. The van der Waals surface area contributed by atoms with E-state index in [0.717, 1.165) is 17.1 Å². The van der Waals surface area contributed by atoms with Crippen LogP contribution in [0.25, 0.3) is 5.69 Å². The summed E-state index contributed by atoms with van der Waals surface area (Å²) in [5.74, 6) is 0.776. The molecule has 0 atom stereocenters. The lowest BCUT2D eigenvalue weighted by atomic mass is 9.72. The van der Waals surface area contributed by atoms with Crippen molar-refractivity contribution in [1.29, 1.82) is 0 Å². The summed E-state index contributed by atoms with van der Waals surface area (Å²) in [7, 11) is 0. The van der Waals surface area contributed by atoms with Crippen molar-refractivity contribution in [3.8, 4) is 5.69 Å². The minimum Gasteiger partial charge on any atom is -0.383 e. The zero-order valence-electron chi connectivity index (χ0n) is 12.4. The Morgan fingerprint density at radius 3 is 2.40 bits per heavy atom. The van der Waals surface area contributed by atoms with Crippen LogP contribution in [0.15, 0.2) is 30.3 Å². The molecular weight excluding hydrogens is 246 g/mol. The van der Waals surface area contributed by atoms with Gasteiger partial charge >= 0.3 is 0 Å². The van der Waals surface area contributed by atoms with Crippen LogP contribution in [-0.2, 0) is 5.41 Å². The van der Waals surface area contributed by atoms with Crippen LogP contribution in [0.5, 0.6) is 0 Å². The quantitative estimate of drug-likeness (QED) is 0.896. The molecule has 0 amide bonds. The van der Waals surface area contributed by atoms with Gasteiger partial charge in [0.25, 0.3) is 0 Å². The van der Waals surface area contributed by atoms with Gasteiger partial charge in [-0.15, -0.1) is 0 Å². The van der Waals surface area contributed by atoms with Crippen molar-refractivity contribution in [3.05, 3.63) is 41.6 Å². The van der Waals surface area contributed by atoms with Crippen LogP contribution in [0.4, 0.5) is 5.82 Å². The first-order valence-electron chi connectivity index (χ1n) is 7.53. The second-order valence-electron chi connectivity index (χ2n) is 6.23. The molecule has 1 fully saturated rings. The Morgan fingerprint density at radius 1 is 1.10 bits per heavy atom. The third-order valence-corrected chi connectivity index (χ3v) is 4.70. The number of benzene rings is 1. The molecule has 1 aliphatic rings. The van der Waals surface area contributed by atoms with Gasteiger partial charge in [-0.1, -0.05) is 44.4 Å². The highest BCUT2D eigenvalue weighted by atomic mass is 15.3. The molecule has 1 aromatic carbocycles. The monoisotopic (exact) mass is 269 g/mol. The summed E-state index contributed by atoms with van der Waals surface area (Å²) < 4.78 is 1.89. The molecular formula is C17H23N3. The second kappa shape index (κ2) is 4.97. The summed E-state index contributed by atoms with van der Waals surface area (Å²) in [5.41, 5.74) is 9.88. The average molecular weight is 269 g/mol. The number of rotatable bonds is 2. The maximum atomic E-state index is 6.30. The summed E-state index contributed by atoms with van der Waals surface area (Å²) >= 11 is 0. The number of hydrogen-bond acceptors (Lipinski definition) is 2. The van der Waals surface area contributed by atoms with E-state index in [-0.39, 0.29) is 5.41 Å². The van der Waals surface area contributed by atoms with E-state index in [9.17, 15) is 0 Å². The van der Waals surface area contributed by atoms with E-state index in [0.29, 0.717) is 0 Å². The van der Waals surface area contributed by atoms with Crippen LogP contribution in [0.3, 0.4) is 0 Å². The molecule has 3 rings (SSSR count). The van der Waals surface area contributed by atoms with Crippen molar-refractivity contribution in [2.75, 3.05) is 5.73 Å². The van der Waals surface area contributed by atoms with Gasteiger partial charge < -0.3 is 5.73 Å². The normalized spacial score (nSPS) is 18.1. The zero-order chi connectivity index (χ0) is 14.2. The summed E-state index contributed by atoms with van der Waals surface area (Å²) in [6.45, 7) is 4.45. The zero-order valence-corrected chi connectivity index (χ0v) is 12.4. The number of anilines is 1. The predicted octanol–water partition coefficient (Wildman–Crippen LogP) is 3.98. The molecule has 0 radical (unpaired) electrons. The lowest BCUT2D eigenvalue weighted by molar-refractivity contribution is 0.310. The highest BCUT2D eigenvalue weighted by Crippen LogP contribution is 2.41. The van der Waals surface area contributed by atoms with Crippen molar-refractivity contribution in [3.63, 3.8) is 0 Å². The van der Waals surface area contributed by atoms with Crippen LogP contribution >= 0.6 is 0 Å². The van der Waals surface area contributed by atoms with Gasteiger partial charge in [0.05, 0.1) is 11.4 Å². The van der Waals surface area contributed by atoms with E-state index in [1.807, 2.05) is 22.9 Å². The van der Waals surface area contributed by atoms with E-state index < -0.39 is 0 Å². The van der Waals surface area contributed by atoms with Crippen LogP contribution in [-0.4, -0.2) is 9.78 Å². The topological polar surface area (TPSA) is 43.8 Å². The predicted molar refractivity (Wildman–Crippen MR) is 83.2 cm³/mol. The first-order chi connectivity index (χ1) is 9.62. The Kier molecular flexibility index (Phi) is 3.28. The van der Waals surface area contributed by atoms with E-state index in [4.69, 9.17) is 10.8 Å². The molecule has 20 heavy (non-hydrogen) atoms. The molecule has 0 bridgehead atoms. The maximum Gasteiger partial charge on any atom is 0.130 e. The van der Waals surface area contributed by atoms with Gasteiger partial charge in [0.2, 0.25) is 0 Å². The maximum absolute atomic E-state index is 6.30. The molecule has 0 unspecified atom stereocenters. The molecule has 1 aromatic heterocycles. The van der Waals surface area contributed by atoms with Gasteiger partial charge in [-0.05, 0) is 31.9 Å². The molecule has 0 spiro atoms. The van der Waals surface area contributed by atoms with Gasteiger partial charge in [-0.25, -0.2) is 4.68 Å². The summed E-state index contributed by atoms with van der Waals surface area (Å²) in [6, 6.07) is 10.2. The van der Waals surface area contributed by atoms with Crippen LogP contribution < -0.4 is 5.73 Å². The summed E-state index contributed by atoms with van der Waals surface area (Å²) in [6.07, 6.45) is 6.39. The SMILES string of the molecule is Cc1c(C2(C)CCCCC2)nn(-c2ccccc2)c1N. The molecule has 3 heteroatoms. The number of nitrogens with two attached hydrogens (primary N) is 1. The highest BCUT2D eigenvalue weighted by molar-refractivity contribution is 5.51. The fourth-order valence-electron chi connectivity index (χ4n) is 3.42. The minimum atomic E-state index is 0.191. The fourth-order valence-corrected chi connectivity index (χ4v) is 3.42. The smallest absolute Gasteiger partial charge is 0.130 e. The van der Waals surface area contributed by atoms with E-state index in [1.54, 1.807) is 0 Å². The largest absolute Gasteiger partial charge is 0.383 e. The first-order valence-corrected chi connectivity index (χ1v) is 7.53. The van der Waals surface area contributed by atoms with Gasteiger partial charge in [0.15, 0.2) is 0 Å². The van der Waals surface area contributed by atoms with E-state index >= 15 is 0 Å². The number of nitrogens with zero attached hydrogens (tertiary/aromatic N) is 2. The standard InChI is InChI=1S/C17H23N3/c1-13-15(17(2)11-7-4-8-12-17)19-20(16(13)18)14-9-5-3-6-10-14/h3,5-6,9-10H,4,7-8,11-12,18H2,1-2H3. The Morgan fingerprint density at radius 2 is 1.75 bits per heavy atom. The molecule has 1 heterocycles. The molecule has 0 saturated heterocycles. The Balaban J connectivity index is 2.06. The molecule has 1 aliphatic carbocycles. The van der Waals surface area contributed by atoms with E-state index in [2.05, 4.69) is 26.0 Å². The molecule has 0 aliphatic heterocycles. The lowest BCUT2D eigenvalue weighted by Gasteiger charge is -2.32.